The maximum Gasteiger partial charge on any atom is 0.241 e. The lowest BCUT2D eigenvalue weighted by Crippen LogP contribution is -2.38. The van der Waals surface area contributed by atoms with E-state index in [1.54, 1.807) is 12.1 Å². The first-order valence-electron chi connectivity index (χ1n) is 5.91. The van der Waals surface area contributed by atoms with Crippen LogP contribution >= 0.6 is 28.3 Å². The molecule has 108 valence electrons. The normalized spacial score (nSPS) is 16.8. The molecule has 0 heterocycles. The van der Waals surface area contributed by atoms with E-state index < -0.39 is 10.0 Å². The summed E-state index contributed by atoms with van der Waals surface area (Å²) >= 11 is 3.26. The lowest BCUT2D eigenvalue weighted by atomic mass is 10.2. The highest BCUT2D eigenvalue weighted by Gasteiger charge is 2.29. The first-order valence-corrected chi connectivity index (χ1v) is 8.19. The topological polar surface area (TPSA) is 72.2 Å². The summed E-state index contributed by atoms with van der Waals surface area (Å²) in [5, 5.41) is 0. The highest BCUT2D eigenvalue weighted by molar-refractivity contribution is 9.10. The summed E-state index contributed by atoms with van der Waals surface area (Å²) in [6.45, 7) is 2.16. The van der Waals surface area contributed by atoms with Crippen LogP contribution < -0.4 is 10.5 Å². The average Bonchev–Trinajstić information content (AvgIpc) is 3.13. The minimum absolute atomic E-state index is 0. The summed E-state index contributed by atoms with van der Waals surface area (Å²) < 4.78 is 27.5. The van der Waals surface area contributed by atoms with Crippen molar-refractivity contribution in [1.82, 2.24) is 4.72 Å². The van der Waals surface area contributed by atoms with Crippen LogP contribution in [0.3, 0.4) is 0 Å². The quantitative estimate of drug-likeness (QED) is 0.835. The van der Waals surface area contributed by atoms with Gasteiger partial charge in [-0.3, -0.25) is 0 Å². The van der Waals surface area contributed by atoms with Crippen molar-refractivity contribution in [2.75, 3.05) is 6.54 Å². The van der Waals surface area contributed by atoms with Crippen molar-refractivity contribution in [3.8, 4) is 0 Å². The number of hydrogen-bond acceptors (Lipinski definition) is 3. The summed E-state index contributed by atoms with van der Waals surface area (Å²) in [6, 6.07) is 5.17. The molecule has 1 saturated carbocycles. The van der Waals surface area contributed by atoms with Crippen molar-refractivity contribution in [3.63, 3.8) is 0 Å². The second-order valence-electron chi connectivity index (χ2n) is 4.79. The van der Waals surface area contributed by atoms with Crippen LogP contribution in [0.5, 0.6) is 0 Å². The Morgan fingerprint density at radius 3 is 2.68 bits per heavy atom. The summed E-state index contributed by atoms with van der Waals surface area (Å²) in [5.41, 5.74) is 6.80. The van der Waals surface area contributed by atoms with Crippen LogP contribution in [0.1, 0.15) is 18.4 Å². The van der Waals surface area contributed by atoms with Crippen molar-refractivity contribution in [3.05, 3.63) is 28.2 Å². The molecule has 0 radical (unpaired) electrons. The maximum atomic E-state index is 12.2. The number of aryl methyl sites for hydroxylation is 1. The Morgan fingerprint density at radius 2 is 2.11 bits per heavy atom. The van der Waals surface area contributed by atoms with E-state index in [1.807, 2.05) is 13.0 Å². The number of benzene rings is 1. The van der Waals surface area contributed by atoms with Gasteiger partial charge in [0.05, 0.1) is 4.90 Å². The van der Waals surface area contributed by atoms with E-state index in [1.165, 1.54) is 0 Å². The van der Waals surface area contributed by atoms with E-state index in [0.717, 1.165) is 18.4 Å². The lowest BCUT2D eigenvalue weighted by Gasteiger charge is -2.13. The molecular formula is C12H18BrClN2O2S. The molecule has 1 fully saturated rings. The highest BCUT2D eigenvalue weighted by Crippen LogP contribution is 2.31. The molecule has 0 bridgehead atoms. The highest BCUT2D eigenvalue weighted by atomic mass is 79.9. The van der Waals surface area contributed by atoms with Gasteiger partial charge in [0, 0.05) is 17.1 Å². The van der Waals surface area contributed by atoms with Crippen molar-refractivity contribution in [2.24, 2.45) is 11.7 Å². The monoisotopic (exact) mass is 368 g/mol. The molecule has 1 aromatic rings. The smallest absolute Gasteiger partial charge is 0.241 e. The zero-order chi connectivity index (χ0) is 13.3. The van der Waals surface area contributed by atoms with E-state index in [2.05, 4.69) is 20.7 Å². The Kier molecular flexibility index (Phi) is 5.82. The molecule has 7 heteroatoms. The minimum atomic E-state index is -3.49. The van der Waals surface area contributed by atoms with Crippen LogP contribution in [0.15, 0.2) is 27.6 Å². The molecule has 0 spiro atoms. The molecule has 1 atom stereocenters. The van der Waals surface area contributed by atoms with E-state index in [-0.39, 0.29) is 23.3 Å². The molecule has 0 amide bonds. The Labute approximate surface area is 128 Å². The molecule has 0 aromatic heterocycles. The molecule has 19 heavy (non-hydrogen) atoms. The third-order valence-electron chi connectivity index (χ3n) is 3.11. The number of nitrogens with two attached hydrogens (primary N) is 1. The molecular weight excluding hydrogens is 352 g/mol. The molecule has 4 nitrogen and oxygen atoms in total. The third-order valence-corrected chi connectivity index (χ3v) is 5.53. The van der Waals surface area contributed by atoms with Gasteiger partial charge in [-0.15, -0.1) is 12.4 Å². The number of nitrogens with one attached hydrogen (secondary N) is 1. The third kappa shape index (κ3) is 4.43. The van der Waals surface area contributed by atoms with Crippen molar-refractivity contribution in [1.29, 1.82) is 0 Å². The van der Waals surface area contributed by atoms with Crippen LogP contribution in [0, 0.1) is 12.8 Å². The molecule has 0 saturated heterocycles. The minimum Gasteiger partial charge on any atom is -0.326 e. The second-order valence-corrected chi connectivity index (χ2v) is 7.38. The average molecular weight is 370 g/mol. The van der Waals surface area contributed by atoms with Crippen LogP contribution in [0.4, 0.5) is 0 Å². The summed E-state index contributed by atoms with van der Waals surface area (Å²) in [7, 11) is -3.49. The Morgan fingerprint density at radius 1 is 1.47 bits per heavy atom. The van der Waals surface area contributed by atoms with E-state index in [4.69, 9.17) is 5.73 Å². The Hall–Kier alpha value is -0.140. The van der Waals surface area contributed by atoms with Gasteiger partial charge in [-0.25, -0.2) is 13.1 Å². The molecule has 1 aliphatic carbocycles. The van der Waals surface area contributed by atoms with Gasteiger partial charge in [-0.05, 0) is 59.3 Å². The van der Waals surface area contributed by atoms with E-state index >= 15 is 0 Å². The largest absolute Gasteiger partial charge is 0.326 e. The number of sulfonamides is 1. The first-order chi connectivity index (χ1) is 8.40. The summed E-state index contributed by atoms with van der Waals surface area (Å²) in [4.78, 5) is 0.269. The predicted molar refractivity (Wildman–Crippen MR) is 82.0 cm³/mol. The second kappa shape index (κ2) is 6.54. The van der Waals surface area contributed by atoms with Gasteiger partial charge in [0.2, 0.25) is 10.0 Å². The Bertz CT molecular complexity index is 547. The maximum absolute atomic E-state index is 12.2. The number of rotatable bonds is 5. The van der Waals surface area contributed by atoms with Gasteiger partial charge in [0.25, 0.3) is 0 Å². The molecule has 3 N–H and O–H groups in total. The molecule has 2 rings (SSSR count). The molecule has 1 aliphatic rings. The van der Waals surface area contributed by atoms with Crippen LogP contribution in [0.2, 0.25) is 0 Å². The fourth-order valence-electron chi connectivity index (χ4n) is 1.79. The van der Waals surface area contributed by atoms with Crippen molar-refractivity contribution >= 4 is 38.4 Å². The van der Waals surface area contributed by atoms with Gasteiger partial charge in [0.1, 0.15) is 0 Å². The summed E-state index contributed by atoms with van der Waals surface area (Å²) in [5.74, 6) is 0.480. The summed E-state index contributed by atoms with van der Waals surface area (Å²) in [6.07, 6.45) is 2.22. The first kappa shape index (κ1) is 16.9. The van der Waals surface area contributed by atoms with Gasteiger partial charge < -0.3 is 5.73 Å². The van der Waals surface area contributed by atoms with Gasteiger partial charge >= 0.3 is 0 Å². The zero-order valence-corrected chi connectivity index (χ0v) is 13.8. The van der Waals surface area contributed by atoms with Gasteiger partial charge in [-0.1, -0.05) is 6.07 Å². The zero-order valence-electron chi connectivity index (χ0n) is 10.6. The van der Waals surface area contributed by atoms with Gasteiger partial charge in [-0.2, -0.15) is 0 Å². The predicted octanol–water partition coefficient (Wildman–Crippen LogP) is 2.19. The van der Waals surface area contributed by atoms with Crippen LogP contribution in [-0.4, -0.2) is 21.0 Å². The molecule has 1 unspecified atom stereocenters. The van der Waals surface area contributed by atoms with E-state index in [9.17, 15) is 8.42 Å². The lowest BCUT2D eigenvalue weighted by molar-refractivity contribution is 0.547. The Balaban J connectivity index is 0.00000180. The van der Waals surface area contributed by atoms with Crippen LogP contribution in [0.25, 0.3) is 0 Å². The number of hydrogen-bond donors (Lipinski definition) is 2. The molecule has 0 aliphatic heterocycles. The van der Waals surface area contributed by atoms with Crippen molar-refractivity contribution in [2.45, 2.75) is 30.7 Å². The van der Waals surface area contributed by atoms with Crippen LogP contribution in [-0.2, 0) is 10.0 Å². The van der Waals surface area contributed by atoms with Gasteiger partial charge in [0.15, 0.2) is 0 Å². The van der Waals surface area contributed by atoms with Crippen molar-refractivity contribution < 1.29 is 8.42 Å². The fourth-order valence-corrected chi connectivity index (χ4v) is 3.91. The fraction of sp³-hybridized carbons (Fsp3) is 0.500. The SMILES string of the molecule is Cc1ccc(Br)c(S(=O)(=O)NCC(N)C2CC2)c1.Cl. The number of halogens is 2. The molecule has 1 aromatic carbocycles. The van der Waals surface area contributed by atoms with E-state index in [0.29, 0.717) is 16.9 Å². The standard InChI is InChI=1S/C12H17BrN2O2S.ClH/c1-8-2-5-10(13)12(6-8)18(16,17)15-7-11(14)9-3-4-9;/h2,5-6,9,11,15H,3-4,7,14H2,1H3;1H.